The summed E-state index contributed by atoms with van der Waals surface area (Å²) in [6.07, 6.45) is 1.74. The van der Waals surface area contributed by atoms with Gasteiger partial charge in [0.25, 0.3) is 0 Å². The highest BCUT2D eigenvalue weighted by Gasteiger charge is 2.34. The number of H-pyrrole nitrogens is 1. The van der Waals surface area contributed by atoms with E-state index < -0.39 is 0 Å². The van der Waals surface area contributed by atoms with Crippen molar-refractivity contribution in [2.75, 3.05) is 11.9 Å². The molecule has 7 heteroatoms. The number of anilines is 1. The van der Waals surface area contributed by atoms with E-state index in [4.69, 9.17) is 0 Å². The lowest BCUT2D eigenvalue weighted by molar-refractivity contribution is 0.513. The molecule has 2 aromatic carbocycles. The van der Waals surface area contributed by atoms with E-state index in [1.807, 2.05) is 32.0 Å². The molecule has 28 heavy (non-hydrogen) atoms. The van der Waals surface area contributed by atoms with Gasteiger partial charge in [0, 0.05) is 22.9 Å². The first kappa shape index (κ1) is 16.9. The van der Waals surface area contributed by atoms with Crippen LogP contribution in [0.3, 0.4) is 0 Å². The lowest BCUT2D eigenvalue weighted by Gasteiger charge is -2.21. The number of rotatable bonds is 1. The first-order valence-electron chi connectivity index (χ1n) is 9.31. The fraction of sp³-hybridized carbons (Fsp3) is 0.286. The number of aromatic nitrogens is 5. The molecule has 0 saturated carbocycles. The summed E-state index contributed by atoms with van der Waals surface area (Å²) in [4.78, 5) is 0. The lowest BCUT2D eigenvalue weighted by atomic mass is 9.92. The number of aromatic amines is 1. The third kappa shape index (κ3) is 2.22. The van der Waals surface area contributed by atoms with E-state index in [1.165, 1.54) is 0 Å². The standard InChI is InChI=1S/C21H21FN6/c1-11-18(13-6-5-7-16-14(13)9-24-26-16)15(22)8-17-19(11)28-12(2)25-27-20(28)21(3,4)10-23-17/h5-9,23H,10H2,1-4H3,(H,24,26). The van der Waals surface area contributed by atoms with Crippen molar-refractivity contribution in [3.05, 3.63) is 53.5 Å². The normalized spacial score (nSPS) is 15.0. The van der Waals surface area contributed by atoms with Crippen molar-refractivity contribution in [3.63, 3.8) is 0 Å². The molecule has 0 spiro atoms. The minimum absolute atomic E-state index is 0.242. The molecule has 0 saturated heterocycles. The fourth-order valence-electron chi connectivity index (χ4n) is 4.17. The zero-order valence-corrected chi connectivity index (χ0v) is 16.3. The summed E-state index contributed by atoms with van der Waals surface area (Å²) in [7, 11) is 0. The molecule has 142 valence electrons. The van der Waals surface area contributed by atoms with Crippen LogP contribution in [0.2, 0.25) is 0 Å². The Morgan fingerprint density at radius 2 is 2.00 bits per heavy atom. The van der Waals surface area contributed by atoms with Gasteiger partial charge >= 0.3 is 0 Å². The molecule has 6 nitrogen and oxygen atoms in total. The minimum Gasteiger partial charge on any atom is -0.382 e. The van der Waals surface area contributed by atoms with Gasteiger partial charge in [-0.05, 0) is 37.1 Å². The molecule has 1 aliphatic heterocycles. The summed E-state index contributed by atoms with van der Waals surface area (Å²) in [6, 6.07) is 7.37. The third-order valence-corrected chi connectivity index (χ3v) is 5.62. The largest absolute Gasteiger partial charge is 0.382 e. The smallest absolute Gasteiger partial charge is 0.145 e. The van der Waals surface area contributed by atoms with Crippen molar-refractivity contribution in [2.24, 2.45) is 0 Å². The molecule has 4 aromatic rings. The topological polar surface area (TPSA) is 71.4 Å². The molecule has 0 bridgehead atoms. The van der Waals surface area contributed by atoms with Gasteiger partial charge in [0.1, 0.15) is 17.5 Å². The van der Waals surface area contributed by atoms with E-state index >= 15 is 4.39 Å². The van der Waals surface area contributed by atoms with Crippen LogP contribution in [0.1, 0.15) is 31.1 Å². The van der Waals surface area contributed by atoms with Crippen LogP contribution in [0, 0.1) is 19.7 Å². The monoisotopic (exact) mass is 376 g/mol. The molecular weight excluding hydrogens is 355 g/mol. The predicted octanol–water partition coefficient (Wildman–Crippen LogP) is 4.27. The third-order valence-electron chi connectivity index (χ3n) is 5.62. The van der Waals surface area contributed by atoms with Crippen LogP contribution < -0.4 is 5.32 Å². The number of hydrogen-bond acceptors (Lipinski definition) is 4. The van der Waals surface area contributed by atoms with Gasteiger partial charge in [-0.1, -0.05) is 26.0 Å². The van der Waals surface area contributed by atoms with Crippen LogP contribution in [-0.4, -0.2) is 31.5 Å². The SMILES string of the molecule is Cc1c(-c2cccc3[nH]ncc23)c(F)cc2c1-n1c(C)nnc1C(C)(C)CN2. The Hall–Kier alpha value is -3.22. The number of nitrogens with zero attached hydrogens (tertiary/aromatic N) is 4. The summed E-state index contributed by atoms with van der Waals surface area (Å²) in [5.41, 5.74) is 4.54. The quantitative estimate of drug-likeness (QED) is 0.520. The van der Waals surface area contributed by atoms with Crippen LogP contribution in [0.4, 0.5) is 10.1 Å². The van der Waals surface area contributed by atoms with Gasteiger partial charge in [0.15, 0.2) is 0 Å². The average Bonchev–Trinajstić information content (AvgIpc) is 3.25. The van der Waals surface area contributed by atoms with Crippen molar-refractivity contribution in [2.45, 2.75) is 33.1 Å². The minimum atomic E-state index is -0.260. The van der Waals surface area contributed by atoms with Crippen LogP contribution in [0.15, 0.2) is 30.5 Å². The van der Waals surface area contributed by atoms with Gasteiger partial charge in [0.2, 0.25) is 0 Å². The van der Waals surface area contributed by atoms with Crippen LogP contribution >= 0.6 is 0 Å². The van der Waals surface area contributed by atoms with Gasteiger partial charge in [-0.15, -0.1) is 10.2 Å². The van der Waals surface area contributed by atoms with E-state index in [-0.39, 0.29) is 11.2 Å². The molecular formula is C21H21FN6. The summed E-state index contributed by atoms with van der Waals surface area (Å²) >= 11 is 0. The summed E-state index contributed by atoms with van der Waals surface area (Å²) in [6.45, 7) is 8.77. The molecule has 5 rings (SSSR count). The number of fused-ring (bicyclic) bond motifs is 4. The maximum absolute atomic E-state index is 15.4. The highest BCUT2D eigenvalue weighted by atomic mass is 19.1. The Kier molecular flexibility index (Phi) is 3.41. The number of hydrogen-bond donors (Lipinski definition) is 2. The Morgan fingerprint density at radius 1 is 1.18 bits per heavy atom. The second-order valence-corrected chi connectivity index (χ2v) is 8.04. The number of halogens is 1. The Morgan fingerprint density at radius 3 is 2.82 bits per heavy atom. The van der Waals surface area contributed by atoms with E-state index in [0.29, 0.717) is 12.1 Å². The van der Waals surface area contributed by atoms with Gasteiger partial charge in [-0.2, -0.15) is 5.10 Å². The first-order chi connectivity index (χ1) is 13.4. The maximum Gasteiger partial charge on any atom is 0.145 e. The van der Waals surface area contributed by atoms with Gasteiger partial charge in [-0.25, -0.2) is 4.39 Å². The Balaban J connectivity index is 1.87. The average molecular weight is 376 g/mol. The number of benzene rings is 2. The molecule has 3 heterocycles. The van der Waals surface area contributed by atoms with E-state index in [0.717, 1.165) is 45.1 Å². The molecule has 0 radical (unpaired) electrons. The van der Waals surface area contributed by atoms with E-state index in [1.54, 1.807) is 12.3 Å². The van der Waals surface area contributed by atoms with Crippen LogP contribution in [0.25, 0.3) is 27.7 Å². The van der Waals surface area contributed by atoms with Gasteiger partial charge in [-0.3, -0.25) is 9.67 Å². The summed E-state index contributed by atoms with van der Waals surface area (Å²) < 4.78 is 17.4. The highest BCUT2D eigenvalue weighted by molar-refractivity contribution is 5.96. The van der Waals surface area contributed by atoms with Gasteiger partial charge < -0.3 is 5.32 Å². The lowest BCUT2D eigenvalue weighted by Crippen LogP contribution is -2.28. The zero-order valence-electron chi connectivity index (χ0n) is 16.3. The Bertz CT molecular complexity index is 1230. The molecule has 0 fully saturated rings. The Labute approximate surface area is 161 Å². The predicted molar refractivity (Wildman–Crippen MR) is 107 cm³/mol. The zero-order chi connectivity index (χ0) is 19.6. The van der Waals surface area contributed by atoms with E-state index in [2.05, 4.69) is 44.1 Å². The van der Waals surface area contributed by atoms with Crippen molar-refractivity contribution in [1.82, 2.24) is 25.0 Å². The van der Waals surface area contributed by atoms with Crippen molar-refractivity contribution >= 4 is 16.6 Å². The highest BCUT2D eigenvalue weighted by Crippen LogP contribution is 2.41. The molecule has 2 N–H and O–H groups in total. The number of nitrogens with one attached hydrogen (secondary N) is 2. The number of aryl methyl sites for hydroxylation is 1. The summed E-state index contributed by atoms with van der Waals surface area (Å²) in [5, 5.41) is 20.2. The molecule has 0 aliphatic carbocycles. The van der Waals surface area contributed by atoms with Gasteiger partial charge in [0.05, 0.1) is 23.1 Å². The molecule has 0 atom stereocenters. The first-order valence-corrected chi connectivity index (χ1v) is 9.31. The summed E-state index contributed by atoms with van der Waals surface area (Å²) in [5.74, 6) is 1.40. The fourth-order valence-corrected chi connectivity index (χ4v) is 4.17. The second-order valence-electron chi connectivity index (χ2n) is 8.04. The second kappa shape index (κ2) is 5.64. The van der Waals surface area contributed by atoms with Crippen LogP contribution in [0.5, 0.6) is 0 Å². The molecule has 1 aliphatic rings. The van der Waals surface area contributed by atoms with E-state index in [9.17, 15) is 0 Å². The van der Waals surface area contributed by atoms with Crippen molar-refractivity contribution in [3.8, 4) is 16.8 Å². The van der Waals surface area contributed by atoms with Crippen molar-refractivity contribution in [1.29, 1.82) is 0 Å². The molecule has 2 aromatic heterocycles. The van der Waals surface area contributed by atoms with Crippen LogP contribution in [-0.2, 0) is 5.41 Å². The molecule has 0 amide bonds. The van der Waals surface area contributed by atoms with Crippen molar-refractivity contribution < 1.29 is 4.39 Å². The maximum atomic E-state index is 15.4. The molecule has 0 unspecified atom stereocenters.